The SMILES string of the molecule is O=C(O)CC1(O)C=CN(Cc2ccccc2)CC1. The quantitative estimate of drug-likeness (QED) is 0.848. The van der Waals surface area contributed by atoms with Crippen molar-refractivity contribution in [3.63, 3.8) is 0 Å². The third kappa shape index (κ3) is 3.34. The molecule has 1 aliphatic heterocycles. The van der Waals surface area contributed by atoms with Crippen molar-refractivity contribution in [1.82, 2.24) is 4.90 Å². The Morgan fingerprint density at radius 3 is 2.61 bits per heavy atom. The van der Waals surface area contributed by atoms with E-state index in [0.29, 0.717) is 13.0 Å². The van der Waals surface area contributed by atoms with Gasteiger partial charge in [-0.05, 0) is 24.3 Å². The van der Waals surface area contributed by atoms with Gasteiger partial charge in [0.15, 0.2) is 0 Å². The molecule has 96 valence electrons. The Bertz CT molecular complexity index is 444. The second-order valence-corrected chi connectivity index (χ2v) is 4.70. The normalized spacial score (nSPS) is 23.1. The Morgan fingerprint density at radius 2 is 2.06 bits per heavy atom. The van der Waals surface area contributed by atoms with Crippen LogP contribution in [0.3, 0.4) is 0 Å². The molecule has 4 nitrogen and oxygen atoms in total. The molecule has 0 radical (unpaired) electrons. The van der Waals surface area contributed by atoms with Crippen molar-refractivity contribution in [3.05, 3.63) is 48.2 Å². The molecule has 1 aromatic rings. The van der Waals surface area contributed by atoms with Crippen LogP contribution < -0.4 is 0 Å². The average Bonchev–Trinajstić information content (AvgIpc) is 2.33. The fraction of sp³-hybridized carbons (Fsp3) is 0.357. The standard InChI is InChI=1S/C14H17NO3/c16-13(17)10-14(18)6-8-15(9-7-14)11-12-4-2-1-3-5-12/h1-6,8,18H,7,9-11H2,(H,16,17). The topological polar surface area (TPSA) is 60.8 Å². The summed E-state index contributed by atoms with van der Waals surface area (Å²) in [7, 11) is 0. The summed E-state index contributed by atoms with van der Waals surface area (Å²) in [6, 6.07) is 10.0. The van der Waals surface area contributed by atoms with Gasteiger partial charge in [-0.3, -0.25) is 4.79 Å². The lowest BCUT2D eigenvalue weighted by molar-refractivity contribution is -0.141. The van der Waals surface area contributed by atoms with Gasteiger partial charge in [-0.15, -0.1) is 0 Å². The molecule has 0 fully saturated rings. The predicted octanol–water partition coefficient (Wildman–Crippen LogP) is 1.61. The van der Waals surface area contributed by atoms with Crippen molar-refractivity contribution in [1.29, 1.82) is 0 Å². The number of carbonyl (C=O) groups is 1. The van der Waals surface area contributed by atoms with Crippen LogP contribution in [0.5, 0.6) is 0 Å². The maximum absolute atomic E-state index is 10.6. The Labute approximate surface area is 106 Å². The second kappa shape index (κ2) is 5.23. The van der Waals surface area contributed by atoms with Gasteiger partial charge in [0, 0.05) is 13.1 Å². The maximum Gasteiger partial charge on any atom is 0.306 e. The molecular weight excluding hydrogens is 230 g/mol. The number of aliphatic carboxylic acids is 1. The summed E-state index contributed by atoms with van der Waals surface area (Å²) in [6.45, 7) is 1.44. The number of rotatable bonds is 4. The van der Waals surface area contributed by atoms with Gasteiger partial charge in [0.1, 0.15) is 0 Å². The van der Waals surface area contributed by atoms with Crippen molar-refractivity contribution in [2.45, 2.75) is 25.0 Å². The van der Waals surface area contributed by atoms with Gasteiger partial charge < -0.3 is 15.1 Å². The van der Waals surface area contributed by atoms with E-state index in [9.17, 15) is 9.90 Å². The van der Waals surface area contributed by atoms with Gasteiger partial charge in [-0.2, -0.15) is 0 Å². The van der Waals surface area contributed by atoms with E-state index in [0.717, 1.165) is 6.54 Å². The van der Waals surface area contributed by atoms with Gasteiger partial charge >= 0.3 is 5.97 Å². The number of aliphatic hydroxyl groups is 1. The third-order valence-corrected chi connectivity index (χ3v) is 3.11. The lowest BCUT2D eigenvalue weighted by Gasteiger charge is -2.32. The number of hydrogen-bond donors (Lipinski definition) is 2. The molecule has 0 aliphatic carbocycles. The molecule has 1 unspecified atom stereocenters. The van der Waals surface area contributed by atoms with E-state index >= 15 is 0 Å². The summed E-state index contributed by atoms with van der Waals surface area (Å²) in [4.78, 5) is 12.7. The summed E-state index contributed by atoms with van der Waals surface area (Å²) in [6.07, 6.45) is 3.60. The molecule has 2 rings (SSSR count). The molecule has 1 heterocycles. The smallest absolute Gasteiger partial charge is 0.306 e. The Hall–Kier alpha value is -1.81. The Balaban J connectivity index is 1.96. The fourth-order valence-electron chi connectivity index (χ4n) is 2.10. The summed E-state index contributed by atoms with van der Waals surface area (Å²) in [5, 5.41) is 18.8. The first-order chi connectivity index (χ1) is 8.57. The van der Waals surface area contributed by atoms with E-state index < -0.39 is 11.6 Å². The summed E-state index contributed by atoms with van der Waals surface area (Å²) in [5.74, 6) is -0.973. The molecule has 0 aromatic heterocycles. The van der Waals surface area contributed by atoms with Gasteiger partial charge in [-0.25, -0.2) is 0 Å². The van der Waals surface area contributed by atoms with Gasteiger partial charge in [0.25, 0.3) is 0 Å². The minimum absolute atomic E-state index is 0.233. The van der Waals surface area contributed by atoms with Crippen LogP contribution in [0, 0.1) is 0 Å². The summed E-state index contributed by atoms with van der Waals surface area (Å²) >= 11 is 0. The molecule has 18 heavy (non-hydrogen) atoms. The van der Waals surface area contributed by atoms with E-state index in [2.05, 4.69) is 4.90 Å². The van der Waals surface area contributed by atoms with Crippen LogP contribution in [0.1, 0.15) is 18.4 Å². The molecular formula is C14H17NO3. The highest BCUT2D eigenvalue weighted by Gasteiger charge is 2.30. The van der Waals surface area contributed by atoms with Crippen LogP contribution in [0.25, 0.3) is 0 Å². The van der Waals surface area contributed by atoms with Crippen molar-refractivity contribution in [3.8, 4) is 0 Å². The van der Waals surface area contributed by atoms with Crippen molar-refractivity contribution < 1.29 is 15.0 Å². The maximum atomic E-state index is 10.6. The molecule has 0 saturated heterocycles. The van der Waals surface area contributed by atoms with Gasteiger partial charge in [0.05, 0.1) is 12.0 Å². The van der Waals surface area contributed by atoms with Crippen molar-refractivity contribution in [2.75, 3.05) is 6.54 Å². The summed E-state index contributed by atoms with van der Waals surface area (Å²) < 4.78 is 0. The monoisotopic (exact) mass is 247 g/mol. The van der Waals surface area contributed by atoms with Crippen LogP contribution in [0.4, 0.5) is 0 Å². The van der Waals surface area contributed by atoms with Crippen molar-refractivity contribution in [2.24, 2.45) is 0 Å². The van der Waals surface area contributed by atoms with Crippen LogP contribution in [0.2, 0.25) is 0 Å². The fourth-order valence-corrected chi connectivity index (χ4v) is 2.10. The van der Waals surface area contributed by atoms with Crippen LogP contribution in [0.15, 0.2) is 42.6 Å². The average molecular weight is 247 g/mol. The Kier molecular flexibility index (Phi) is 3.67. The number of carboxylic acids is 1. The first-order valence-corrected chi connectivity index (χ1v) is 5.99. The summed E-state index contributed by atoms with van der Waals surface area (Å²) in [5.41, 5.74) is 0.00442. The molecule has 0 saturated carbocycles. The van der Waals surface area contributed by atoms with E-state index in [1.54, 1.807) is 12.3 Å². The van der Waals surface area contributed by atoms with E-state index in [1.165, 1.54) is 5.56 Å². The molecule has 2 N–H and O–H groups in total. The highest BCUT2D eigenvalue weighted by atomic mass is 16.4. The molecule has 1 aliphatic rings. The molecule has 0 amide bonds. The first kappa shape index (κ1) is 12.6. The zero-order valence-electron chi connectivity index (χ0n) is 10.1. The molecule has 0 spiro atoms. The van der Waals surface area contributed by atoms with Gasteiger partial charge in [0.2, 0.25) is 0 Å². The predicted molar refractivity (Wildman–Crippen MR) is 67.8 cm³/mol. The number of carboxylic acid groups (broad SMARTS) is 1. The zero-order chi connectivity index (χ0) is 13.0. The minimum Gasteiger partial charge on any atom is -0.481 e. The third-order valence-electron chi connectivity index (χ3n) is 3.11. The minimum atomic E-state index is -1.20. The van der Waals surface area contributed by atoms with Crippen LogP contribution in [-0.4, -0.2) is 33.2 Å². The molecule has 0 bridgehead atoms. The molecule has 1 atom stereocenters. The van der Waals surface area contributed by atoms with Crippen molar-refractivity contribution >= 4 is 5.97 Å². The lowest BCUT2D eigenvalue weighted by atomic mass is 9.93. The lowest BCUT2D eigenvalue weighted by Crippen LogP contribution is -2.38. The molecule has 4 heteroatoms. The zero-order valence-corrected chi connectivity index (χ0v) is 10.1. The largest absolute Gasteiger partial charge is 0.481 e. The first-order valence-electron chi connectivity index (χ1n) is 5.99. The number of hydrogen-bond acceptors (Lipinski definition) is 3. The van der Waals surface area contributed by atoms with E-state index in [1.807, 2.05) is 30.3 Å². The highest BCUT2D eigenvalue weighted by molar-refractivity contribution is 5.68. The Morgan fingerprint density at radius 1 is 1.33 bits per heavy atom. The number of nitrogens with zero attached hydrogens (tertiary/aromatic N) is 1. The van der Waals surface area contributed by atoms with E-state index in [4.69, 9.17) is 5.11 Å². The van der Waals surface area contributed by atoms with Crippen LogP contribution in [-0.2, 0) is 11.3 Å². The van der Waals surface area contributed by atoms with E-state index in [-0.39, 0.29) is 6.42 Å². The number of benzene rings is 1. The molecule has 1 aromatic carbocycles. The second-order valence-electron chi connectivity index (χ2n) is 4.70. The van der Waals surface area contributed by atoms with Gasteiger partial charge in [-0.1, -0.05) is 30.3 Å². The van der Waals surface area contributed by atoms with Crippen LogP contribution >= 0.6 is 0 Å². The highest BCUT2D eigenvalue weighted by Crippen LogP contribution is 2.23.